The topological polar surface area (TPSA) is 30.2 Å². The lowest BCUT2D eigenvalue weighted by Gasteiger charge is -2.10. The highest BCUT2D eigenvalue weighted by atomic mass is 35.5. The van der Waals surface area contributed by atoms with Crippen molar-refractivity contribution in [2.45, 2.75) is 16.1 Å². The van der Waals surface area contributed by atoms with E-state index >= 15 is 0 Å². The highest BCUT2D eigenvalue weighted by Gasteiger charge is 2.32. The predicted molar refractivity (Wildman–Crippen MR) is 73.6 cm³/mol. The van der Waals surface area contributed by atoms with Crippen molar-refractivity contribution in [3.05, 3.63) is 53.3 Å². The molecule has 0 saturated heterocycles. The number of rotatable bonds is 2. The zero-order chi connectivity index (χ0) is 15.0. The number of pyridine rings is 1. The van der Waals surface area contributed by atoms with Crippen molar-refractivity contribution < 1.29 is 13.2 Å². The molecule has 0 amide bonds. The van der Waals surface area contributed by atoms with Gasteiger partial charge in [0.05, 0.1) is 10.6 Å². The van der Waals surface area contributed by atoms with Gasteiger partial charge in [-0.25, -0.2) is 0 Å². The largest absolute Gasteiger partial charge is 0.416 e. The Labute approximate surface area is 126 Å². The van der Waals surface area contributed by atoms with Gasteiger partial charge < -0.3 is 0 Å². The summed E-state index contributed by atoms with van der Waals surface area (Å²) in [4.78, 5) is 0.772. The molecule has 3 aromatic rings. The Morgan fingerprint density at radius 3 is 2.48 bits per heavy atom. The summed E-state index contributed by atoms with van der Waals surface area (Å²) in [6, 6.07) is 8.89. The number of nitrogens with zero attached hydrogens (tertiary/aromatic N) is 3. The summed E-state index contributed by atoms with van der Waals surface area (Å²) in [5.41, 5.74) is -0.597. The van der Waals surface area contributed by atoms with Crippen LogP contribution in [0.25, 0.3) is 5.65 Å². The Morgan fingerprint density at radius 2 is 1.81 bits per heavy atom. The molecule has 0 fully saturated rings. The number of halogens is 4. The molecule has 0 unspecified atom stereocenters. The number of hydrogen-bond acceptors (Lipinski definition) is 3. The molecule has 108 valence electrons. The summed E-state index contributed by atoms with van der Waals surface area (Å²) in [7, 11) is 0. The molecule has 0 aliphatic carbocycles. The standard InChI is InChI=1S/C13H7ClF3N3S/c14-9-1-3-10(4-2-9)21-12-6-8(13(15,16)17)5-11-19-18-7-20(11)12/h1-7H. The van der Waals surface area contributed by atoms with Crippen LogP contribution in [-0.4, -0.2) is 14.6 Å². The molecule has 2 heterocycles. The quantitative estimate of drug-likeness (QED) is 0.690. The first-order valence-electron chi connectivity index (χ1n) is 5.78. The van der Waals surface area contributed by atoms with Crippen molar-refractivity contribution in [2.75, 3.05) is 0 Å². The highest BCUT2D eigenvalue weighted by Crippen LogP contribution is 2.35. The number of aromatic nitrogens is 3. The van der Waals surface area contributed by atoms with Gasteiger partial charge in [-0.3, -0.25) is 4.40 Å². The number of benzene rings is 1. The molecule has 0 spiro atoms. The van der Waals surface area contributed by atoms with Crippen LogP contribution in [0.4, 0.5) is 13.2 Å². The minimum absolute atomic E-state index is 0.154. The fourth-order valence-corrected chi connectivity index (χ4v) is 2.83. The zero-order valence-electron chi connectivity index (χ0n) is 10.3. The lowest BCUT2D eigenvalue weighted by Crippen LogP contribution is -2.06. The molecule has 0 saturated carbocycles. The molecule has 2 aromatic heterocycles. The lowest BCUT2D eigenvalue weighted by molar-refractivity contribution is -0.137. The minimum atomic E-state index is -4.43. The van der Waals surface area contributed by atoms with E-state index in [4.69, 9.17) is 11.6 Å². The van der Waals surface area contributed by atoms with E-state index in [1.807, 2.05) is 0 Å². The Balaban J connectivity index is 2.07. The van der Waals surface area contributed by atoms with Crippen LogP contribution in [0.2, 0.25) is 5.02 Å². The first-order valence-corrected chi connectivity index (χ1v) is 6.97. The summed E-state index contributed by atoms with van der Waals surface area (Å²) in [6.45, 7) is 0. The Morgan fingerprint density at radius 1 is 1.10 bits per heavy atom. The van der Waals surface area contributed by atoms with E-state index in [1.165, 1.54) is 22.5 Å². The van der Waals surface area contributed by atoms with Crippen molar-refractivity contribution in [3.8, 4) is 0 Å². The van der Waals surface area contributed by atoms with Crippen LogP contribution < -0.4 is 0 Å². The molecule has 0 radical (unpaired) electrons. The summed E-state index contributed by atoms with van der Waals surface area (Å²) in [5.74, 6) is 0. The average molecular weight is 330 g/mol. The fraction of sp³-hybridized carbons (Fsp3) is 0.0769. The Bertz CT molecular complexity index is 783. The van der Waals surface area contributed by atoms with Gasteiger partial charge in [0.25, 0.3) is 0 Å². The molecule has 8 heteroatoms. The molecule has 0 bridgehead atoms. The van der Waals surface area contributed by atoms with Crippen LogP contribution in [0.1, 0.15) is 5.56 Å². The van der Waals surface area contributed by atoms with Gasteiger partial charge in [0.1, 0.15) is 6.33 Å². The van der Waals surface area contributed by atoms with E-state index in [0.29, 0.717) is 10.0 Å². The minimum Gasteiger partial charge on any atom is -0.276 e. The second kappa shape index (κ2) is 5.23. The van der Waals surface area contributed by atoms with E-state index in [-0.39, 0.29) is 5.65 Å². The van der Waals surface area contributed by atoms with E-state index in [9.17, 15) is 13.2 Å². The first-order chi connectivity index (χ1) is 9.93. The average Bonchev–Trinajstić information content (AvgIpc) is 2.89. The summed E-state index contributed by atoms with van der Waals surface area (Å²) >= 11 is 6.98. The molecule has 0 aliphatic heterocycles. The van der Waals surface area contributed by atoms with Crippen LogP contribution in [0.5, 0.6) is 0 Å². The molecule has 3 rings (SSSR count). The van der Waals surface area contributed by atoms with Crippen LogP contribution in [0.15, 0.2) is 52.6 Å². The van der Waals surface area contributed by atoms with E-state index < -0.39 is 11.7 Å². The van der Waals surface area contributed by atoms with Gasteiger partial charge in [0.2, 0.25) is 0 Å². The normalized spacial score (nSPS) is 12.0. The molecular formula is C13H7ClF3N3S. The van der Waals surface area contributed by atoms with Gasteiger partial charge in [-0.1, -0.05) is 23.4 Å². The van der Waals surface area contributed by atoms with Gasteiger partial charge in [-0.15, -0.1) is 10.2 Å². The van der Waals surface area contributed by atoms with Crippen molar-refractivity contribution in [1.82, 2.24) is 14.6 Å². The molecule has 0 N–H and O–H groups in total. The maximum Gasteiger partial charge on any atom is 0.416 e. The van der Waals surface area contributed by atoms with Crippen LogP contribution in [-0.2, 0) is 6.18 Å². The van der Waals surface area contributed by atoms with Crippen LogP contribution >= 0.6 is 23.4 Å². The van der Waals surface area contributed by atoms with Gasteiger partial charge in [-0.05, 0) is 36.4 Å². The predicted octanol–water partition coefficient (Wildman–Crippen LogP) is 4.55. The lowest BCUT2D eigenvalue weighted by atomic mass is 10.2. The third kappa shape index (κ3) is 2.98. The van der Waals surface area contributed by atoms with Crippen LogP contribution in [0.3, 0.4) is 0 Å². The fourth-order valence-electron chi connectivity index (χ4n) is 1.76. The SMILES string of the molecule is FC(F)(F)c1cc(Sc2ccc(Cl)cc2)n2cnnc2c1. The Kier molecular flexibility index (Phi) is 3.54. The third-order valence-electron chi connectivity index (χ3n) is 2.74. The zero-order valence-corrected chi connectivity index (χ0v) is 11.9. The van der Waals surface area contributed by atoms with Gasteiger partial charge >= 0.3 is 6.18 Å². The van der Waals surface area contributed by atoms with Crippen molar-refractivity contribution >= 4 is 29.0 Å². The van der Waals surface area contributed by atoms with Crippen molar-refractivity contribution in [1.29, 1.82) is 0 Å². The third-order valence-corrected chi connectivity index (χ3v) is 4.02. The maximum atomic E-state index is 12.9. The summed E-state index contributed by atoms with van der Waals surface area (Å²) in [6.07, 6.45) is -3.04. The van der Waals surface area contributed by atoms with E-state index in [2.05, 4.69) is 10.2 Å². The second-order valence-corrected chi connectivity index (χ2v) is 5.73. The molecule has 3 nitrogen and oxygen atoms in total. The monoisotopic (exact) mass is 329 g/mol. The summed E-state index contributed by atoms with van der Waals surface area (Å²) < 4.78 is 40.2. The Hall–Kier alpha value is -1.73. The number of hydrogen-bond donors (Lipinski definition) is 0. The molecule has 0 atom stereocenters. The van der Waals surface area contributed by atoms with Gasteiger partial charge in [-0.2, -0.15) is 13.2 Å². The van der Waals surface area contributed by atoms with Crippen LogP contribution in [0, 0.1) is 0 Å². The van der Waals surface area contributed by atoms with E-state index in [1.54, 1.807) is 24.3 Å². The first kappa shape index (κ1) is 14.2. The van der Waals surface area contributed by atoms with Gasteiger partial charge in [0, 0.05) is 9.92 Å². The van der Waals surface area contributed by atoms with Gasteiger partial charge in [0.15, 0.2) is 5.65 Å². The van der Waals surface area contributed by atoms with Crippen molar-refractivity contribution in [2.24, 2.45) is 0 Å². The molecule has 0 aliphatic rings. The number of alkyl halides is 3. The summed E-state index contributed by atoms with van der Waals surface area (Å²) in [5, 5.41) is 8.29. The molecular weight excluding hydrogens is 323 g/mol. The molecule has 21 heavy (non-hydrogen) atoms. The molecule has 1 aromatic carbocycles. The maximum absolute atomic E-state index is 12.9. The second-order valence-electron chi connectivity index (χ2n) is 4.20. The highest BCUT2D eigenvalue weighted by molar-refractivity contribution is 7.99. The van der Waals surface area contributed by atoms with E-state index in [0.717, 1.165) is 17.0 Å². The smallest absolute Gasteiger partial charge is 0.276 e. The number of fused-ring (bicyclic) bond motifs is 1. The van der Waals surface area contributed by atoms with Crippen molar-refractivity contribution in [3.63, 3.8) is 0 Å².